The zero-order valence-corrected chi connectivity index (χ0v) is 25.6. The number of rotatable bonds is 10. The van der Waals surface area contributed by atoms with Gasteiger partial charge in [-0.25, -0.2) is 19.2 Å². The number of ether oxygens (including phenoxy) is 1. The summed E-state index contributed by atoms with van der Waals surface area (Å²) in [4.78, 5) is 34.5. The smallest absolute Gasteiger partial charge is 0.407 e. The maximum Gasteiger partial charge on any atom is 0.407 e. The Morgan fingerprint density at radius 2 is 1.91 bits per heavy atom. The van der Waals surface area contributed by atoms with Crippen molar-refractivity contribution in [1.82, 2.24) is 24.8 Å². The summed E-state index contributed by atoms with van der Waals surface area (Å²) < 4.78 is 23.4. The highest BCUT2D eigenvalue weighted by Crippen LogP contribution is 2.36. The number of benzene rings is 2. The molecular formula is C32H36FN5O4Si. The number of amides is 2. The van der Waals surface area contributed by atoms with E-state index < -0.39 is 20.0 Å². The summed E-state index contributed by atoms with van der Waals surface area (Å²) in [6.45, 7) is 8.56. The lowest BCUT2D eigenvalue weighted by molar-refractivity contribution is 0.0898. The van der Waals surface area contributed by atoms with Gasteiger partial charge in [0.05, 0.1) is 11.1 Å². The first-order valence-electron chi connectivity index (χ1n) is 14.3. The minimum atomic E-state index is -1.26. The fraction of sp³-hybridized carbons (Fsp3) is 0.312. The van der Waals surface area contributed by atoms with Gasteiger partial charge in [0.15, 0.2) is 0 Å². The van der Waals surface area contributed by atoms with E-state index in [4.69, 9.17) is 4.74 Å². The largest absolute Gasteiger partial charge is 0.465 e. The molecule has 0 saturated carbocycles. The maximum absolute atomic E-state index is 15.4. The standard InChI is InChI=1S/C32H36FN5O4Si/c1-43(2,3)16-15-42-21-38-19-26(22-11-13-37(14-12-22)32(40)41)28-29(35-20-36-30(28)38)24-9-10-25(27(33)17-24)18-34-31(39)23-7-5-4-6-8-23/h4-11,17,19-20H,12-16,18,21H2,1-3H3,(H,34,39)(H,40,41). The lowest BCUT2D eigenvalue weighted by Crippen LogP contribution is -2.33. The molecule has 5 rings (SSSR count). The van der Waals surface area contributed by atoms with Crippen molar-refractivity contribution in [2.75, 3.05) is 19.7 Å². The zero-order chi connectivity index (χ0) is 30.6. The van der Waals surface area contributed by atoms with Crippen LogP contribution in [0.2, 0.25) is 25.7 Å². The highest BCUT2D eigenvalue weighted by molar-refractivity contribution is 6.76. The van der Waals surface area contributed by atoms with Crippen LogP contribution in [0.4, 0.5) is 9.18 Å². The minimum absolute atomic E-state index is 0.0440. The van der Waals surface area contributed by atoms with Crippen molar-refractivity contribution in [3.8, 4) is 11.3 Å². The van der Waals surface area contributed by atoms with Gasteiger partial charge in [0.2, 0.25) is 0 Å². The molecule has 2 amide bonds. The van der Waals surface area contributed by atoms with E-state index in [1.807, 2.05) is 22.9 Å². The molecule has 4 aromatic rings. The van der Waals surface area contributed by atoms with Gasteiger partial charge >= 0.3 is 6.09 Å². The Morgan fingerprint density at radius 3 is 2.58 bits per heavy atom. The van der Waals surface area contributed by atoms with Crippen LogP contribution in [-0.4, -0.2) is 64.3 Å². The second-order valence-corrected chi connectivity index (χ2v) is 17.5. The van der Waals surface area contributed by atoms with Crippen molar-refractivity contribution < 1.29 is 23.8 Å². The van der Waals surface area contributed by atoms with Gasteiger partial charge in [0.1, 0.15) is 24.5 Å². The summed E-state index contributed by atoms with van der Waals surface area (Å²) in [5.74, 6) is -0.732. The van der Waals surface area contributed by atoms with Gasteiger partial charge < -0.3 is 24.6 Å². The van der Waals surface area contributed by atoms with Crippen molar-refractivity contribution in [2.24, 2.45) is 0 Å². The normalized spacial score (nSPS) is 13.7. The lowest BCUT2D eigenvalue weighted by atomic mass is 9.97. The Bertz CT molecular complexity index is 1670. The number of hydrogen-bond donors (Lipinski definition) is 2. The highest BCUT2D eigenvalue weighted by Gasteiger charge is 2.23. The van der Waals surface area contributed by atoms with Crippen LogP contribution in [0.15, 0.2) is 67.1 Å². The average molecular weight is 602 g/mol. The van der Waals surface area contributed by atoms with Crippen molar-refractivity contribution >= 4 is 36.7 Å². The molecule has 0 atom stereocenters. The Hall–Kier alpha value is -4.35. The number of fused-ring (bicyclic) bond motifs is 1. The molecule has 11 heteroatoms. The molecule has 0 unspecified atom stereocenters. The van der Waals surface area contributed by atoms with E-state index in [1.54, 1.807) is 36.4 Å². The topological polar surface area (TPSA) is 110 Å². The fourth-order valence-corrected chi connectivity index (χ4v) is 5.77. The number of carboxylic acid groups (broad SMARTS) is 1. The SMILES string of the molecule is C[Si](C)(C)CCOCn1cc(C2=CCN(C(=O)O)CC2)c2c(-c3ccc(CNC(=O)c4ccccc4)c(F)c3)ncnc21. The predicted octanol–water partition coefficient (Wildman–Crippen LogP) is 6.25. The molecule has 0 bridgehead atoms. The first kappa shape index (κ1) is 30.1. The summed E-state index contributed by atoms with van der Waals surface area (Å²) in [7, 11) is -1.26. The third kappa shape index (κ3) is 7.18. The molecule has 0 spiro atoms. The van der Waals surface area contributed by atoms with Crippen LogP contribution >= 0.6 is 0 Å². The number of carbonyl (C=O) groups excluding carboxylic acids is 1. The van der Waals surface area contributed by atoms with Crippen molar-refractivity contribution in [2.45, 2.75) is 45.4 Å². The molecule has 2 N–H and O–H groups in total. The molecule has 2 aromatic carbocycles. The second kappa shape index (κ2) is 12.9. The van der Waals surface area contributed by atoms with Crippen LogP contribution in [0.1, 0.15) is 27.9 Å². The third-order valence-electron chi connectivity index (χ3n) is 7.51. The van der Waals surface area contributed by atoms with Gasteiger partial charge in [-0.2, -0.15) is 0 Å². The van der Waals surface area contributed by atoms with Crippen LogP contribution in [-0.2, 0) is 18.0 Å². The summed E-state index contributed by atoms with van der Waals surface area (Å²) in [6.07, 6.45) is 4.94. The highest BCUT2D eigenvalue weighted by atomic mass is 28.3. The van der Waals surface area contributed by atoms with Crippen LogP contribution in [0.3, 0.4) is 0 Å². The molecular weight excluding hydrogens is 565 g/mol. The average Bonchev–Trinajstić information content (AvgIpc) is 3.37. The Balaban J connectivity index is 1.46. The molecule has 224 valence electrons. The summed E-state index contributed by atoms with van der Waals surface area (Å²) in [6, 6.07) is 14.7. The summed E-state index contributed by atoms with van der Waals surface area (Å²) in [5, 5.41) is 12.9. The second-order valence-electron chi connectivity index (χ2n) is 11.8. The van der Waals surface area contributed by atoms with E-state index in [-0.39, 0.29) is 19.0 Å². The van der Waals surface area contributed by atoms with Gasteiger partial charge in [-0.05, 0) is 36.2 Å². The van der Waals surface area contributed by atoms with Crippen molar-refractivity contribution in [1.29, 1.82) is 0 Å². The monoisotopic (exact) mass is 601 g/mol. The molecule has 43 heavy (non-hydrogen) atoms. The van der Waals surface area contributed by atoms with Gasteiger partial charge in [-0.1, -0.05) is 56.0 Å². The van der Waals surface area contributed by atoms with Gasteiger partial charge in [0.25, 0.3) is 5.91 Å². The quantitative estimate of drug-likeness (QED) is 0.164. The van der Waals surface area contributed by atoms with Gasteiger partial charge in [-0.3, -0.25) is 4.79 Å². The van der Waals surface area contributed by atoms with E-state index in [1.165, 1.54) is 17.3 Å². The molecule has 0 aliphatic carbocycles. The van der Waals surface area contributed by atoms with Crippen molar-refractivity contribution in [3.05, 3.63) is 89.6 Å². The van der Waals surface area contributed by atoms with E-state index in [2.05, 4.69) is 34.9 Å². The first-order valence-corrected chi connectivity index (χ1v) is 18.0. The Morgan fingerprint density at radius 1 is 1.12 bits per heavy atom. The van der Waals surface area contributed by atoms with E-state index in [0.717, 1.165) is 22.6 Å². The molecule has 0 fully saturated rings. The molecule has 9 nitrogen and oxygen atoms in total. The van der Waals surface area contributed by atoms with Crippen LogP contribution in [0.25, 0.3) is 27.9 Å². The zero-order valence-electron chi connectivity index (χ0n) is 24.6. The number of nitrogens with one attached hydrogen (secondary N) is 1. The van der Waals surface area contributed by atoms with Gasteiger partial charge in [0, 0.05) is 62.8 Å². The van der Waals surface area contributed by atoms with Crippen LogP contribution < -0.4 is 5.32 Å². The molecule has 1 aliphatic rings. The third-order valence-corrected chi connectivity index (χ3v) is 9.21. The molecule has 0 radical (unpaired) electrons. The summed E-state index contributed by atoms with van der Waals surface area (Å²) >= 11 is 0. The first-order chi connectivity index (χ1) is 20.6. The lowest BCUT2D eigenvalue weighted by Gasteiger charge is -2.23. The Kier molecular flexibility index (Phi) is 9.02. The number of hydrogen-bond acceptors (Lipinski definition) is 5. The molecule has 0 saturated heterocycles. The predicted molar refractivity (Wildman–Crippen MR) is 167 cm³/mol. The number of halogens is 1. The molecule has 2 aromatic heterocycles. The van der Waals surface area contributed by atoms with E-state index in [0.29, 0.717) is 54.3 Å². The van der Waals surface area contributed by atoms with E-state index >= 15 is 4.39 Å². The molecule has 1 aliphatic heterocycles. The number of aromatic nitrogens is 3. The Labute approximate surface area is 251 Å². The van der Waals surface area contributed by atoms with Crippen LogP contribution in [0.5, 0.6) is 0 Å². The van der Waals surface area contributed by atoms with Crippen LogP contribution in [0, 0.1) is 5.82 Å². The van der Waals surface area contributed by atoms with Gasteiger partial charge in [-0.15, -0.1) is 0 Å². The summed E-state index contributed by atoms with van der Waals surface area (Å²) in [5.41, 5.74) is 4.54. The minimum Gasteiger partial charge on any atom is -0.465 e. The van der Waals surface area contributed by atoms with Crippen molar-refractivity contribution in [3.63, 3.8) is 0 Å². The maximum atomic E-state index is 15.4. The molecule has 3 heterocycles. The fourth-order valence-electron chi connectivity index (χ4n) is 5.02. The number of carbonyl (C=O) groups is 2. The van der Waals surface area contributed by atoms with E-state index in [9.17, 15) is 14.7 Å². The number of nitrogens with zero attached hydrogens (tertiary/aromatic N) is 4.